The van der Waals surface area contributed by atoms with Crippen molar-refractivity contribution in [1.82, 2.24) is 10.3 Å². The predicted octanol–water partition coefficient (Wildman–Crippen LogP) is 3.83. The van der Waals surface area contributed by atoms with E-state index in [4.69, 9.17) is 14.2 Å². The van der Waals surface area contributed by atoms with E-state index in [1.165, 1.54) is 0 Å². The second-order valence-electron chi connectivity index (χ2n) is 8.35. The van der Waals surface area contributed by atoms with E-state index in [9.17, 15) is 4.79 Å². The molecule has 1 fully saturated rings. The molecular formula is C26H33N3O4. The highest BCUT2D eigenvalue weighted by Gasteiger charge is 2.25. The molecule has 2 aliphatic rings. The summed E-state index contributed by atoms with van der Waals surface area (Å²) in [5.74, 6) is 1.03. The van der Waals surface area contributed by atoms with Gasteiger partial charge in [-0.15, -0.1) is 0 Å². The molecule has 1 N–H and O–H groups in total. The Labute approximate surface area is 195 Å². The molecular weight excluding hydrogens is 418 g/mol. The third-order valence-electron chi connectivity index (χ3n) is 6.29. The van der Waals surface area contributed by atoms with Gasteiger partial charge in [0.25, 0.3) is 5.91 Å². The third-order valence-corrected chi connectivity index (χ3v) is 6.29. The molecule has 2 aromatic rings. The van der Waals surface area contributed by atoms with Crippen LogP contribution in [0.5, 0.6) is 11.6 Å². The lowest BCUT2D eigenvalue weighted by atomic mass is 9.97. The number of hydrogen-bond acceptors (Lipinski definition) is 6. The Morgan fingerprint density at radius 1 is 1.21 bits per heavy atom. The van der Waals surface area contributed by atoms with Crippen molar-refractivity contribution in [1.29, 1.82) is 0 Å². The molecule has 1 saturated heterocycles. The Morgan fingerprint density at radius 2 is 2.03 bits per heavy atom. The molecule has 0 radical (unpaired) electrons. The number of ether oxygens (including phenoxy) is 3. The maximum Gasteiger partial charge on any atom is 0.251 e. The molecule has 33 heavy (non-hydrogen) atoms. The van der Waals surface area contributed by atoms with E-state index in [0.717, 1.165) is 55.1 Å². The van der Waals surface area contributed by atoms with Gasteiger partial charge in [-0.25, -0.2) is 4.98 Å². The molecule has 1 amide bonds. The first-order valence-electron chi connectivity index (χ1n) is 11.7. The fourth-order valence-corrected chi connectivity index (χ4v) is 4.67. The lowest BCUT2D eigenvalue weighted by Crippen LogP contribution is -2.40. The lowest BCUT2D eigenvalue weighted by Gasteiger charge is -2.37. The van der Waals surface area contributed by atoms with Gasteiger partial charge in [-0.3, -0.25) is 4.79 Å². The first-order valence-corrected chi connectivity index (χ1v) is 11.7. The molecule has 1 aromatic heterocycles. The van der Waals surface area contributed by atoms with Crippen molar-refractivity contribution in [3.05, 3.63) is 58.8 Å². The average Bonchev–Trinajstić information content (AvgIpc) is 2.83. The van der Waals surface area contributed by atoms with Gasteiger partial charge < -0.3 is 24.4 Å². The van der Waals surface area contributed by atoms with E-state index in [1.54, 1.807) is 7.11 Å². The number of nitrogens with zero attached hydrogens (tertiary/aromatic N) is 2. The topological polar surface area (TPSA) is 72.9 Å². The number of hydrogen-bond donors (Lipinski definition) is 1. The minimum Gasteiger partial charge on any atom is -0.489 e. The van der Waals surface area contributed by atoms with Crippen LogP contribution >= 0.6 is 0 Å². The van der Waals surface area contributed by atoms with Crippen LogP contribution in [0.15, 0.2) is 36.4 Å². The first-order chi connectivity index (χ1) is 16.1. The molecule has 0 spiro atoms. The number of carbonyl (C=O) groups is 1. The van der Waals surface area contributed by atoms with E-state index in [0.29, 0.717) is 36.3 Å². The second-order valence-corrected chi connectivity index (χ2v) is 8.35. The first kappa shape index (κ1) is 23.1. The van der Waals surface area contributed by atoms with E-state index in [1.807, 2.05) is 31.2 Å². The zero-order valence-corrected chi connectivity index (χ0v) is 19.7. The van der Waals surface area contributed by atoms with Crippen molar-refractivity contribution in [3.8, 4) is 11.6 Å². The number of amides is 1. The number of aryl methyl sites for hydroxylation is 1. The van der Waals surface area contributed by atoms with Gasteiger partial charge >= 0.3 is 0 Å². The summed E-state index contributed by atoms with van der Waals surface area (Å²) in [5, 5.41) is 3.07. The van der Waals surface area contributed by atoms with Gasteiger partial charge in [0.05, 0.1) is 19.2 Å². The molecule has 176 valence electrons. The van der Waals surface area contributed by atoms with Crippen molar-refractivity contribution in [2.24, 2.45) is 0 Å². The van der Waals surface area contributed by atoms with Crippen molar-refractivity contribution < 1.29 is 19.0 Å². The summed E-state index contributed by atoms with van der Waals surface area (Å²) in [5.41, 5.74) is 4.39. The quantitative estimate of drug-likeness (QED) is 0.713. The highest BCUT2D eigenvalue weighted by molar-refractivity contribution is 5.97. The van der Waals surface area contributed by atoms with Crippen LogP contribution in [0.4, 0.5) is 5.69 Å². The highest BCUT2D eigenvalue weighted by atomic mass is 16.5. The Morgan fingerprint density at radius 3 is 2.79 bits per heavy atom. The minimum absolute atomic E-state index is 0.113. The fraction of sp³-hybridized carbons (Fsp3) is 0.462. The Balaban J connectivity index is 1.70. The number of allylic oxidation sites excluding steroid dienone is 1. The summed E-state index contributed by atoms with van der Waals surface area (Å²) in [6.07, 6.45) is 6.75. The van der Waals surface area contributed by atoms with Crippen LogP contribution in [0.1, 0.15) is 46.9 Å². The number of fused-ring (bicyclic) bond motifs is 2. The summed E-state index contributed by atoms with van der Waals surface area (Å²) in [6.45, 7) is 7.22. The van der Waals surface area contributed by atoms with Gasteiger partial charge in [0.1, 0.15) is 12.4 Å². The van der Waals surface area contributed by atoms with Crippen molar-refractivity contribution in [3.63, 3.8) is 0 Å². The monoisotopic (exact) mass is 451 g/mol. The summed E-state index contributed by atoms with van der Waals surface area (Å²) in [7, 11) is 1.58. The van der Waals surface area contributed by atoms with Crippen LogP contribution < -0.4 is 19.7 Å². The predicted molar refractivity (Wildman–Crippen MR) is 128 cm³/mol. The van der Waals surface area contributed by atoms with Crippen LogP contribution in [-0.4, -0.2) is 50.4 Å². The Hall–Kier alpha value is -3.06. The zero-order chi connectivity index (χ0) is 23.2. The lowest BCUT2D eigenvalue weighted by molar-refractivity contribution is 0.0845. The number of methoxy groups -OCH3 is 1. The molecule has 7 nitrogen and oxygen atoms in total. The van der Waals surface area contributed by atoms with Crippen LogP contribution in [0.3, 0.4) is 0 Å². The van der Waals surface area contributed by atoms with Crippen LogP contribution in [-0.2, 0) is 17.7 Å². The molecule has 1 aromatic carbocycles. The van der Waals surface area contributed by atoms with Crippen molar-refractivity contribution in [2.45, 2.75) is 45.7 Å². The van der Waals surface area contributed by atoms with Gasteiger partial charge in [0, 0.05) is 48.8 Å². The summed E-state index contributed by atoms with van der Waals surface area (Å²) >= 11 is 0. The number of pyridine rings is 1. The molecule has 2 aliphatic heterocycles. The molecule has 0 saturated carbocycles. The molecule has 0 bridgehead atoms. The zero-order valence-electron chi connectivity index (χ0n) is 19.7. The molecule has 0 atom stereocenters. The van der Waals surface area contributed by atoms with Crippen LogP contribution in [0, 0.1) is 6.92 Å². The molecule has 7 heteroatoms. The van der Waals surface area contributed by atoms with Crippen molar-refractivity contribution in [2.75, 3.05) is 38.4 Å². The van der Waals surface area contributed by atoms with E-state index < -0.39 is 0 Å². The Bertz CT molecular complexity index is 1010. The standard InChI is InChI=1S/C26H33N3O4/c1-4-29(19-11-14-32-15-12-19)23-10-7-9-21-20(23)8-5-6-13-33-24-16-18(2)28-26(31-3)22(24)17-27-25(21)30/h5-7,9-10,16,19H,4,8,11-15,17H2,1-3H3,(H,27,30)/b6-5-. The molecule has 4 rings (SSSR count). The van der Waals surface area contributed by atoms with Gasteiger partial charge in [0.15, 0.2) is 0 Å². The number of carbonyl (C=O) groups excluding carboxylic acids is 1. The number of anilines is 1. The largest absolute Gasteiger partial charge is 0.489 e. The normalized spacial score (nSPS) is 18.0. The molecule has 3 heterocycles. The van der Waals surface area contributed by atoms with E-state index in [-0.39, 0.29) is 12.5 Å². The number of aromatic nitrogens is 1. The average molecular weight is 452 g/mol. The summed E-state index contributed by atoms with van der Waals surface area (Å²) in [4.78, 5) is 20.2. The summed E-state index contributed by atoms with van der Waals surface area (Å²) < 4.78 is 17.1. The van der Waals surface area contributed by atoms with Gasteiger partial charge in [0.2, 0.25) is 5.88 Å². The van der Waals surface area contributed by atoms with Gasteiger partial charge in [-0.2, -0.15) is 0 Å². The van der Waals surface area contributed by atoms with Crippen molar-refractivity contribution >= 4 is 11.6 Å². The van der Waals surface area contributed by atoms with Crippen LogP contribution in [0.25, 0.3) is 0 Å². The molecule has 0 aliphatic carbocycles. The Kier molecular flexibility index (Phi) is 7.50. The van der Waals surface area contributed by atoms with E-state index in [2.05, 4.69) is 34.3 Å². The van der Waals surface area contributed by atoms with Crippen LogP contribution in [0.2, 0.25) is 0 Å². The third kappa shape index (κ3) is 5.14. The van der Waals surface area contributed by atoms with Gasteiger partial charge in [-0.05, 0) is 50.8 Å². The maximum absolute atomic E-state index is 13.4. The molecule has 0 unspecified atom stereocenters. The minimum atomic E-state index is -0.113. The van der Waals surface area contributed by atoms with E-state index >= 15 is 0 Å². The maximum atomic E-state index is 13.4. The number of nitrogens with one attached hydrogen (secondary N) is 1. The SMILES string of the molecule is CCN(c1cccc2c1C/C=C\COc1cc(C)nc(OC)c1CNC2=O)C1CCOCC1. The fourth-order valence-electron chi connectivity index (χ4n) is 4.67. The number of benzene rings is 1. The second kappa shape index (κ2) is 10.7. The van der Waals surface area contributed by atoms with Gasteiger partial charge in [-0.1, -0.05) is 18.2 Å². The smallest absolute Gasteiger partial charge is 0.251 e. The highest BCUT2D eigenvalue weighted by Crippen LogP contribution is 2.31. The number of rotatable bonds is 4. The summed E-state index contributed by atoms with van der Waals surface area (Å²) in [6, 6.07) is 8.31.